The van der Waals surface area contributed by atoms with Crippen LogP contribution in [0.4, 0.5) is 4.79 Å². The lowest BCUT2D eigenvalue weighted by atomic mass is 9.72. The number of fused-ring (bicyclic) bond motifs is 1. The molecule has 0 bridgehead atoms. The highest BCUT2D eigenvalue weighted by molar-refractivity contribution is 5.95. The molecule has 3 amide bonds. The molecule has 1 spiro atoms. The first kappa shape index (κ1) is 23.4. The molecule has 8 nitrogen and oxygen atoms in total. The molecule has 0 unspecified atom stereocenters. The average molecular weight is 425 g/mol. The molecule has 3 atom stereocenters. The highest BCUT2D eigenvalue weighted by atomic mass is 16.7. The van der Waals surface area contributed by atoms with E-state index in [1.54, 1.807) is 0 Å². The molecule has 1 saturated carbocycles. The summed E-state index contributed by atoms with van der Waals surface area (Å²) in [6, 6.07) is 0.201. The maximum absolute atomic E-state index is 13.4. The second-order valence-electron chi connectivity index (χ2n) is 9.22. The van der Waals surface area contributed by atoms with Crippen molar-refractivity contribution in [2.24, 2.45) is 11.8 Å². The number of nitrogens with one attached hydrogen (secondary N) is 1. The van der Waals surface area contributed by atoms with Gasteiger partial charge in [0.15, 0.2) is 5.79 Å². The van der Waals surface area contributed by atoms with Gasteiger partial charge in [0.2, 0.25) is 5.91 Å². The monoisotopic (exact) mass is 424 g/mol. The summed E-state index contributed by atoms with van der Waals surface area (Å²) in [4.78, 5) is 31.9. The summed E-state index contributed by atoms with van der Waals surface area (Å²) >= 11 is 0. The van der Waals surface area contributed by atoms with Crippen LogP contribution in [0, 0.1) is 11.8 Å². The van der Waals surface area contributed by atoms with Crippen molar-refractivity contribution < 1.29 is 19.1 Å². The van der Waals surface area contributed by atoms with E-state index in [0.29, 0.717) is 38.3 Å². The van der Waals surface area contributed by atoms with Crippen molar-refractivity contribution in [1.82, 2.24) is 20.0 Å². The lowest BCUT2D eigenvalue weighted by Crippen LogP contribution is -2.58. The molecule has 172 valence electrons. The van der Waals surface area contributed by atoms with E-state index in [-0.39, 0.29) is 17.9 Å². The van der Waals surface area contributed by atoms with Crippen LogP contribution in [0.25, 0.3) is 0 Å². The van der Waals surface area contributed by atoms with Crippen LogP contribution in [0.2, 0.25) is 0 Å². The highest BCUT2D eigenvalue weighted by Gasteiger charge is 2.50. The van der Waals surface area contributed by atoms with E-state index in [1.807, 2.05) is 25.9 Å². The number of urea groups is 1. The Hall–Kier alpha value is -1.22. The van der Waals surface area contributed by atoms with Crippen LogP contribution < -0.4 is 5.32 Å². The number of likely N-dealkylation sites (tertiary alicyclic amines) is 1. The van der Waals surface area contributed by atoms with Crippen molar-refractivity contribution in [2.45, 2.75) is 57.8 Å². The maximum Gasteiger partial charge on any atom is 0.324 e. The van der Waals surface area contributed by atoms with Crippen molar-refractivity contribution in [3.8, 4) is 0 Å². The van der Waals surface area contributed by atoms with Crippen LogP contribution in [-0.2, 0) is 14.3 Å². The van der Waals surface area contributed by atoms with E-state index < -0.39 is 5.79 Å². The normalized spacial score (nSPS) is 28.5. The van der Waals surface area contributed by atoms with Gasteiger partial charge >= 0.3 is 6.03 Å². The number of rotatable bonds is 7. The summed E-state index contributed by atoms with van der Waals surface area (Å²) in [5.74, 6) is -0.291. The summed E-state index contributed by atoms with van der Waals surface area (Å²) in [5, 5.41) is 2.89. The SMILES string of the molecule is CCCN1C[C@H](C(=O)N(CC)C(=O)NCCN(C)C)C[C@@H]2CC3(CC[C@H]21)OCCO3. The van der Waals surface area contributed by atoms with Crippen molar-refractivity contribution in [1.29, 1.82) is 0 Å². The van der Waals surface area contributed by atoms with Crippen LogP contribution in [0.1, 0.15) is 46.0 Å². The Labute approximate surface area is 181 Å². The Morgan fingerprint density at radius 1 is 1.20 bits per heavy atom. The van der Waals surface area contributed by atoms with Crippen LogP contribution in [0.15, 0.2) is 0 Å². The fourth-order valence-electron chi connectivity index (χ4n) is 5.40. The van der Waals surface area contributed by atoms with E-state index in [4.69, 9.17) is 9.47 Å². The van der Waals surface area contributed by atoms with Gasteiger partial charge in [-0.2, -0.15) is 0 Å². The molecule has 1 N–H and O–H groups in total. The third kappa shape index (κ3) is 5.33. The number of carbonyl (C=O) groups excluding carboxylic acids is 2. The predicted octanol–water partition coefficient (Wildman–Crippen LogP) is 1.75. The number of nitrogens with zero attached hydrogens (tertiary/aromatic N) is 3. The standard InChI is InChI=1S/C22H40N4O4/c1-5-10-25-16-18(20(27)26(6-2)21(28)23-9-11-24(3)4)14-17-15-22(8-7-19(17)25)29-12-13-30-22/h17-19H,5-16H2,1-4H3,(H,23,28)/t17-,18-,19-/m1/s1. The Morgan fingerprint density at radius 3 is 2.57 bits per heavy atom. The van der Waals surface area contributed by atoms with Crippen molar-refractivity contribution >= 4 is 11.9 Å². The molecule has 2 aliphatic heterocycles. The Morgan fingerprint density at radius 2 is 1.93 bits per heavy atom. The number of piperidine rings is 1. The van der Waals surface area contributed by atoms with E-state index in [0.717, 1.165) is 51.7 Å². The number of imide groups is 1. The topological polar surface area (TPSA) is 74.4 Å². The Kier molecular flexibility index (Phi) is 8.12. The van der Waals surface area contributed by atoms with Gasteiger partial charge in [-0.25, -0.2) is 4.79 Å². The molecule has 0 aromatic rings. The van der Waals surface area contributed by atoms with Crippen molar-refractivity contribution in [3.63, 3.8) is 0 Å². The molecule has 0 aromatic heterocycles. The molecule has 1 aliphatic carbocycles. The summed E-state index contributed by atoms with van der Waals surface area (Å²) < 4.78 is 12.0. The minimum Gasteiger partial charge on any atom is -0.348 e. The number of hydrogen-bond acceptors (Lipinski definition) is 6. The molecular formula is C22H40N4O4. The molecule has 3 fully saturated rings. The van der Waals surface area contributed by atoms with Crippen LogP contribution in [-0.4, -0.2) is 98.5 Å². The number of amides is 3. The summed E-state index contributed by atoms with van der Waals surface area (Å²) in [7, 11) is 3.93. The lowest BCUT2D eigenvalue weighted by Gasteiger charge is -2.50. The van der Waals surface area contributed by atoms with Crippen LogP contribution >= 0.6 is 0 Å². The minimum absolute atomic E-state index is 0.0488. The van der Waals surface area contributed by atoms with Gasteiger partial charge in [0.25, 0.3) is 0 Å². The van der Waals surface area contributed by atoms with Gasteiger partial charge in [-0.1, -0.05) is 6.92 Å². The molecule has 3 aliphatic rings. The number of ether oxygens (including phenoxy) is 2. The zero-order valence-electron chi connectivity index (χ0n) is 19.2. The van der Waals surface area contributed by atoms with E-state index >= 15 is 0 Å². The zero-order valence-corrected chi connectivity index (χ0v) is 19.2. The molecule has 0 aromatic carbocycles. The number of carbonyl (C=O) groups is 2. The second-order valence-corrected chi connectivity index (χ2v) is 9.22. The van der Waals surface area contributed by atoms with E-state index in [9.17, 15) is 9.59 Å². The van der Waals surface area contributed by atoms with Gasteiger partial charge in [-0.3, -0.25) is 14.6 Å². The average Bonchev–Trinajstić information content (AvgIpc) is 3.15. The third-order valence-electron chi connectivity index (χ3n) is 6.79. The fraction of sp³-hybridized carbons (Fsp3) is 0.909. The first-order valence-electron chi connectivity index (χ1n) is 11.6. The number of hydrogen-bond donors (Lipinski definition) is 1. The van der Waals surface area contributed by atoms with E-state index in [2.05, 4.69) is 17.1 Å². The van der Waals surface area contributed by atoms with Crippen molar-refractivity contribution in [3.05, 3.63) is 0 Å². The smallest absolute Gasteiger partial charge is 0.324 e. The molecule has 3 rings (SSSR count). The van der Waals surface area contributed by atoms with Crippen molar-refractivity contribution in [2.75, 3.05) is 60.0 Å². The summed E-state index contributed by atoms with van der Waals surface area (Å²) in [6.45, 7) is 8.77. The maximum atomic E-state index is 13.4. The Bertz CT molecular complexity index is 594. The summed E-state index contributed by atoms with van der Waals surface area (Å²) in [5.41, 5.74) is 0. The molecule has 8 heteroatoms. The molecule has 30 heavy (non-hydrogen) atoms. The molecule has 2 heterocycles. The third-order valence-corrected chi connectivity index (χ3v) is 6.79. The molecule has 0 radical (unpaired) electrons. The predicted molar refractivity (Wildman–Crippen MR) is 115 cm³/mol. The van der Waals surface area contributed by atoms with Crippen LogP contribution in [0.5, 0.6) is 0 Å². The highest BCUT2D eigenvalue weighted by Crippen LogP contribution is 2.45. The zero-order chi connectivity index (χ0) is 21.7. The second kappa shape index (κ2) is 10.4. The van der Waals surface area contributed by atoms with Gasteiger partial charge < -0.3 is 19.7 Å². The molecule has 2 saturated heterocycles. The first-order valence-corrected chi connectivity index (χ1v) is 11.6. The summed E-state index contributed by atoms with van der Waals surface area (Å²) in [6.07, 6.45) is 4.70. The number of likely N-dealkylation sites (N-methyl/N-ethyl adjacent to an activating group) is 1. The van der Waals surface area contributed by atoms with Gasteiger partial charge in [-0.15, -0.1) is 0 Å². The van der Waals surface area contributed by atoms with E-state index in [1.165, 1.54) is 4.90 Å². The molecular weight excluding hydrogens is 384 g/mol. The lowest BCUT2D eigenvalue weighted by molar-refractivity contribution is -0.204. The van der Waals surface area contributed by atoms with Crippen LogP contribution in [0.3, 0.4) is 0 Å². The minimum atomic E-state index is -0.446. The first-order chi connectivity index (χ1) is 14.4. The Balaban J connectivity index is 1.67. The fourth-order valence-corrected chi connectivity index (χ4v) is 5.40. The van der Waals surface area contributed by atoms with Gasteiger partial charge in [-0.05, 0) is 52.7 Å². The van der Waals surface area contributed by atoms with Gasteiger partial charge in [0.05, 0.1) is 19.1 Å². The largest absolute Gasteiger partial charge is 0.348 e. The quantitative estimate of drug-likeness (QED) is 0.671. The van der Waals surface area contributed by atoms with Gasteiger partial charge in [0.1, 0.15) is 0 Å². The van der Waals surface area contributed by atoms with Gasteiger partial charge in [0, 0.05) is 45.1 Å².